The molecule has 1 aromatic heterocycles. The molecule has 130 valence electrons. The lowest BCUT2D eigenvalue weighted by molar-refractivity contribution is 0.0944. The number of nitrogens with one attached hydrogen (secondary N) is 1. The fourth-order valence-corrected chi connectivity index (χ4v) is 3.95. The van der Waals surface area contributed by atoms with Crippen LogP contribution in [0, 0.1) is 5.82 Å². The zero-order valence-electron chi connectivity index (χ0n) is 13.2. The molecule has 0 aliphatic rings. The van der Waals surface area contributed by atoms with Crippen LogP contribution in [0.1, 0.15) is 28.2 Å². The van der Waals surface area contributed by atoms with Gasteiger partial charge in [0.2, 0.25) is 10.0 Å². The topological polar surface area (TPSA) is 89.3 Å². The molecule has 1 atom stereocenters. The first-order valence-corrected chi connectivity index (χ1v) is 9.73. The van der Waals surface area contributed by atoms with E-state index in [9.17, 15) is 17.6 Å². The third-order valence-corrected chi connectivity index (χ3v) is 5.76. The zero-order valence-corrected chi connectivity index (χ0v) is 14.8. The van der Waals surface area contributed by atoms with Crippen molar-refractivity contribution < 1.29 is 17.6 Å². The lowest BCUT2D eigenvalue weighted by Crippen LogP contribution is -2.26. The number of fused-ring (bicyclic) bond motifs is 1. The van der Waals surface area contributed by atoms with E-state index in [1.807, 2.05) is 0 Å². The van der Waals surface area contributed by atoms with E-state index >= 15 is 0 Å². The van der Waals surface area contributed by atoms with Crippen molar-refractivity contribution in [3.63, 3.8) is 0 Å². The summed E-state index contributed by atoms with van der Waals surface area (Å²) in [6.45, 7) is 1.74. The standard InChI is InChI=1S/C17H15FN2O3S2/c1-10(11-3-2-4-14(8-11)25(19,22)23)20-17(21)16-9-12-7-13(18)5-6-15(12)24-16/h2-10H,1H3,(H,20,21)(H2,19,22,23). The van der Waals surface area contributed by atoms with Gasteiger partial charge in [-0.15, -0.1) is 11.3 Å². The van der Waals surface area contributed by atoms with E-state index in [0.717, 1.165) is 4.70 Å². The van der Waals surface area contributed by atoms with Crippen LogP contribution in [-0.4, -0.2) is 14.3 Å². The highest BCUT2D eigenvalue weighted by Crippen LogP contribution is 2.27. The minimum absolute atomic E-state index is 0.0107. The Kier molecular flexibility index (Phi) is 4.59. The Morgan fingerprint density at radius 1 is 1.20 bits per heavy atom. The minimum Gasteiger partial charge on any atom is -0.345 e. The molecule has 1 amide bonds. The maximum absolute atomic E-state index is 13.3. The number of sulfonamides is 1. The van der Waals surface area contributed by atoms with Crippen LogP contribution >= 0.6 is 11.3 Å². The molecule has 0 spiro atoms. The fourth-order valence-electron chi connectivity index (χ4n) is 2.44. The normalized spacial score (nSPS) is 12.9. The van der Waals surface area contributed by atoms with Gasteiger partial charge in [-0.2, -0.15) is 0 Å². The van der Waals surface area contributed by atoms with Crippen LogP contribution in [0.4, 0.5) is 4.39 Å². The number of primary sulfonamides is 1. The monoisotopic (exact) mass is 378 g/mol. The second-order valence-electron chi connectivity index (χ2n) is 5.61. The Labute approximate surface area is 148 Å². The number of carbonyl (C=O) groups is 1. The molecule has 0 aliphatic heterocycles. The number of nitrogens with two attached hydrogens (primary N) is 1. The van der Waals surface area contributed by atoms with Crippen LogP contribution in [0.15, 0.2) is 53.4 Å². The van der Waals surface area contributed by atoms with Gasteiger partial charge in [0.1, 0.15) is 5.82 Å². The van der Waals surface area contributed by atoms with Crippen molar-refractivity contribution in [2.24, 2.45) is 5.14 Å². The van der Waals surface area contributed by atoms with Gasteiger partial charge < -0.3 is 5.32 Å². The summed E-state index contributed by atoms with van der Waals surface area (Å²) in [7, 11) is -3.81. The molecule has 25 heavy (non-hydrogen) atoms. The maximum atomic E-state index is 13.3. The number of thiophene rings is 1. The van der Waals surface area contributed by atoms with Crippen LogP contribution in [0.2, 0.25) is 0 Å². The van der Waals surface area contributed by atoms with Crippen molar-refractivity contribution in [2.75, 3.05) is 0 Å². The van der Waals surface area contributed by atoms with Crippen molar-refractivity contribution in [3.8, 4) is 0 Å². The molecule has 0 saturated carbocycles. The van der Waals surface area contributed by atoms with Gasteiger partial charge in [0.05, 0.1) is 15.8 Å². The molecule has 5 nitrogen and oxygen atoms in total. The zero-order chi connectivity index (χ0) is 18.2. The van der Waals surface area contributed by atoms with E-state index in [0.29, 0.717) is 15.8 Å². The second kappa shape index (κ2) is 6.55. The van der Waals surface area contributed by atoms with Crippen LogP contribution in [0.5, 0.6) is 0 Å². The Morgan fingerprint density at radius 3 is 2.68 bits per heavy atom. The van der Waals surface area contributed by atoms with E-state index in [4.69, 9.17) is 5.14 Å². The molecule has 0 aliphatic carbocycles. The molecule has 3 N–H and O–H groups in total. The Balaban J connectivity index is 1.82. The number of carbonyl (C=O) groups excluding carboxylic acids is 1. The minimum atomic E-state index is -3.81. The van der Waals surface area contributed by atoms with Crippen LogP contribution in [0.3, 0.4) is 0 Å². The van der Waals surface area contributed by atoms with Crippen molar-refractivity contribution in [3.05, 3.63) is 64.8 Å². The molecule has 1 unspecified atom stereocenters. The number of halogens is 1. The molecule has 0 bridgehead atoms. The predicted octanol–water partition coefficient (Wildman–Crippen LogP) is 3.18. The van der Waals surface area contributed by atoms with E-state index < -0.39 is 16.1 Å². The Bertz CT molecular complexity index is 1060. The highest BCUT2D eigenvalue weighted by atomic mass is 32.2. The first-order valence-electron chi connectivity index (χ1n) is 7.37. The number of hydrogen-bond acceptors (Lipinski definition) is 4. The molecule has 3 rings (SSSR count). The lowest BCUT2D eigenvalue weighted by atomic mass is 10.1. The average Bonchev–Trinajstić information content (AvgIpc) is 2.97. The van der Waals surface area contributed by atoms with Crippen molar-refractivity contribution in [2.45, 2.75) is 17.9 Å². The summed E-state index contributed by atoms with van der Waals surface area (Å²) in [5.41, 5.74) is 0.618. The molecule has 1 heterocycles. The fraction of sp³-hybridized carbons (Fsp3) is 0.118. The van der Waals surface area contributed by atoms with Crippen LogP contribution in [0.25, 0.3) is 10.1 Å². The Morgan fingerprint density at radius 2 is 1.96 bits per heavy atom. The number of amides is 1. The Hall–Kier alpha value is -2.29. The van der Waals surface area contributed by atoms with Crippen molar-refractivity contribution >= 4 is 37.4 Å². The van der Waals surface area contributed by atoms with E-state index in [1.165, 1.54) is 35.6 Å². The average molecular weight is 378 g/mol. The SMILES string of the molecule is CC(NC(=O)c1cc2cc(F)ccc2s1)c1cccc(S(N)(=O)=O)c1. The number of rotatable bonds is 4. The van der Waals surface area contributed by atoms with Gasteiger partial charge in [0, 0.05) is 4.70 Å². The second-order valence-corrected chi connectivity index (χ2v) is 8.25. The summed E-state index contributed by atoms with van der Waals surface area (Å²) in [5.74, 6) is -0.666. The third-order valence-electron chi connectivity index (χ3n) is 3.74. The van der Waals surface area contributed by atoms with Gasteiger partial charge in [-0.25, -0.2) is 17.9 Å². The summed E-state index contributed by atoms with van der Waals surface area (Å²) in [5, 5.41) is 8.60. The summed E-state index contributed by atoms with van der Waals surface area (Å²) in [6.07, 6.45) is 0. The van der Waals surface area contributed by atoms with Gasteiger partial charge >= 0.3 is 0 Å². The predicted molar refractivity (Wildman–Crippen MR) is 95.5 cm³/mol. The molecule has 0 saturated heterocycles. The lowest BCUT2D eigenvalue weighted by Gasteiger charge is -2.14. The molecule has 2 aromatic carbocycles. The summed E-state index contributed by atoms with van der Waals surface area (Å²) in [6, 6.07) is 11.7. The molecular weight excluding hydrogens is 363 g/mol. The first-order chi connectivity index (χ1) is 11.7. The van der Waals surface area contributed by atoms with E-state index in [1.54, 1.807) is 31.2 Å². The number of hydrogen-bond donors (Lipinski definition) is 2. The third kappa shape index (κ3) is 3.87. The van der Waals surface area contributed by atoms with Crippen molar-refractivity contribution in [1.82, 2.24) is 5.32 Å². The highest BCUT2D eigenvalue weighted by Gasteiger charge is 2.16. The largest absolute Gasteiger partial charge is 0.345 e. The molecule has 3 aromatic rings. The van der Waals surface area contributed by atoms with Crippen molar-refractivity contribution in [1.29, 1.82) is 0 Å². The van der Waals surface area contributed by atoms with Gasteiger partial charge in [0.25, 0.3) is 5.91 Å². The van der Waals surface area contributed by atoms with E-state index in [2.05, 4.69) is 5.32 Å². The van der Waals surface area contributed by atoms with Gasteiger partial charge in [0.15, 0.2) is 0 Å². The summed E-state index contributed by atoms with van der Waals surface area (Å²) >= 11 is 1.26. The van der Waals surface area contributed by atoms with Gasteiger partial charge in [-0.05, 0) is 54.3 Å². The maximum Gasteiger partial charge on any atom is 0.261 e. The quantitative estimate of drug-likeness (QED) is 0.731. The summed E-state index contributed by atoms with van der Waals surface area (Å²) in [4.78, 5) is 12.9. The molecule has 0 radical (unpaired) electrons. The summed E-state index contributed by atoms with van der Waals surface area (Å²) < 4.78 is 37.0. The van der Waals surface area contributed by atoms with Crippen LogP contribution in [-0.2, 0) is 10.0 Å². The number of benzene rings is 2. The highest BCUT2D eigenvalue weighted by molar-refractivity contribution is 7.89. The molecule has 8 heteroatoms. The van der Waals surface area contributed by atoms with Gasteiger partial charge in [-0.3, -0.25) is 4.79 Å². The molecular formula is C17H15FN2O3S2. The smallest absolute Gasteiger partial charge is 0.261 e. The molecule has 0 fully saturated rings. The first kappa shape index (κ1) is 17.5. The van der Waals surface area contributed by atoms with Crippen LogP contribution < -0.4 is 10.5 Å². The van der Waals surface area contributed by atoms with E-state index in [-0.39, 0.29) is 16.6 Å². The van der Waals surface area contributed by atoms with Gasteiger partial charge in [-0.1, -0.05) is 12.1 Å².